The minimum Gasteiger partial charge on any atom is -0.368 e. The first-order valence-corrected chi connectivity index (χ1v) is 5.07. The molecule has 0 aliphatic heterocycles. The Morgan fingerprint density at radius 1 is 1.67 bits per heavy atom. The number of amides is 1. The number of nitrogens with one attached hydrogen (secondary N) is 1. The fourth-order valence-electron chi connectivity index (χ4n) is 1.43. The molecule has 3 N–H and O–H groups in total. The molecule has 84 valence electrons. The highest BCUT2D eigenvalue weighted by atomic mass is 16.1. The zero-order chi connectivity index (χ0) is 11.4. The molecule has 1 atom stereocenters. The van der Waals surface area contributed by atoms with Gasteiger partial charge in [-0.05, 0) is 20.4 Å². The molecular weight excluding hydrogens is 192 g/mol. The smallest absolute Gasteiger partial charge is 0.236 e. The van der Waals surface area contributed by atoms with Gasteiger partial charge >= 0.3 is 0 Å². The standard InChI is InChI=1S/C10H18N4O/c1-4-12-9(10(11)15)5-14-6-13-7(2)8(14)3/h6,9,12H,4-5H2,1-3H3,(H2,11,15). The van der Waals surface area contributed by atoms with E-state index in [0.717, 1.165) is 17.9 Å². The molecule has 5 nitrogen and oxygen atoms in total. The number of aromatic nitrogens is 2. The van der Waals surface area contributed by atoms with Crippen LogP contribution in [0, 0.1) is 13.8 Å². The Morgan fingerprint density at radius 3 is 2.73 bits per heavy atom. The van der Waals surface area contributed by atoms with Gasteiger partial charge in [0.25, 0.3) is 0 Å². The number of hydrogen-bond acceptors (Lipinski definition) is 3. The molecule has 1 unspecified atom stereocenters. The van der Waals surface area contributed by atoms with Crippen molar-refractivity contribution in [1.29, 1.82) is 0 Å². The summed E-state index contributed by atoms with van der Waals surface area (Å²) in [5.41, 5.74) is 7.34. The first-order valence-electron chi connectivity index (χ1n) is 5.07. The number of primary amides is 1. The lowest BCUT2D eigenvalue weighted by Crippen LogP contribution is -2.44. The van der Waals surface area contributed by atoms with E-state index in [0.29, 0.717) is 6.54 Å². The molecule has 15 heavy (non-hydrogen) atoms. The van der Waals surface area contributed by atoms with Crippen molar-refractivity contribution >= 4 is 5.91 Å². The number of likely N-dealkylation sites (N-methyl/N-ethyl adjacent to an activating group) is 1. The van der Waals surface area contributed by atoms with Gasteiger partial charge in [0.15, 0.2) is 0 Å². The first kappa shape index (κ1) is 11.7. The number of imidazole rings is 1. The maximum atomic E-state index is 11.1. The summed E-state index contributed by atoms with van der Waals surface area (Å²) < 4.78 is 1.94. The molecule has 0 aliphatic carbocycles. The molecule has 1 rings (SSSR count). The molecule has 0 fully saturated rings. The Labute approximate surface area is 89.7 Å². The summed E-state index contributed by atoms with van der Waals surface area (Å²) in [6.07, 6.45) is 1.73. The lowest BCUT2D eigenvalue weighted by molar-refractivity contribution is -0.120. The van der Waals surface area contributed by atoms with Crippen LogP contribution in [-0.4, -0.2) is 28.0 Å². The molecule has 1 aromatic rings. The van der Waals surface area contributed by atoms with E-state index in [4.69, 9.17) is 5.73 Å². The maximum absolute atomic E-state index is 11.1. The van der Waals surface area contributed by atoms with E-state index in [1.54, 1.807) is 6.33 Å². The van der Waals surface area contributed by atoms with E-state index >= 15 is 0 Å². The Morgan fingerprint density at radius 2 is 2.33 bits per heavy atom. The van der Waals surface area contributed by atoms with Crippen molar-refractivity contribution < 1.29 is 4.79 Å². The minimum absolute atomic E-state index is 0.331. The third kappa shape index (κ3) is 2.79. The van der Waals surface area contributed by atoms with Crippen molar-refractivity contribution in [1.82, 2.24) is 14.9 Å². The summed E-state index contributed by atoms with van der Waals surface area (Å²) in [7, 11) is 0. The Hall–Kier alpha value is -1.36. The van der Waals surface area contributed by atoms with Gasteiger partial charge in [-0.2, -0.15) is 0 Å². The predicted molar refractivity (Wildman–Crippen MR) is 58.4 cm³/mol. The lowest BCUT2D eigenvalue weighted by Gasteiger charge is -2.15. The predicted octanol–water partition coefficient (Wildman–Crippen LogP) is -0.0367. The molecule has 1 amide bonds. The topological polar surface area (TPSA) is 72.9 Å². The summed E-state index contributed by atoms with van der Waals surface area (Å²) in [4.78, 5) is 15.3. The van der Waals surface area contributed by atoms with Crippen molar-refractivity contribution in [3.05, 3.63) is 17.7 Å². The van der Waals surface area contributed by atoms with E-state index < -0.39 is 0 Å². The minimum atomic E-state index is -0.331. The van der Waals surface area contributed by atoms with Crippen LogP contribution in [0.15, 0.2) is 6.33 Å². The summed E-state index contributed by atoms with van der Waals surface area (Å²) in [6.45, 7) is 7.13. The molecule has 0 aromatic carbocycles. The van der Waals surface area contributed by atoms with E-state index in [9.17, 15) is 4.79 Å². The molecule has 0 spiro atoms. The highest BCUT2D eigenvalue weighted by Gasteiger charge is 2.15. The third-order valence-corrected chi connectivity index (χ3v) is 2.52. The summed E-state index contributed by atoms with van der Waals surface area (Å²) in [5.74, 6) is -0.331. The summed E-state index contributed by atoms with van der Waals surface area (Å²) >= 11 is 0. The van der Waals surface area contributed by atoms with Crippen LogP contribution in [0.4, 0.5) is 0 Å². The molecule has 0 aliphatic rings. The average molecular weight is 210 g/mol. The molecule has 0 radical (unpaired) electrons. The van der Waals surface area contributed by atoms with E-state index in [1.165, 1.54) is 0 Å². The van der Waals surface area contributed by atoms with Crippen molar-refractivity contribution in [3.63, 3.8) is 0 Å². The quantitative estimate of drug-likeness (QED) is 0.716. The van der Waals surface area contributed by atoms with Crippen LogP contribution >= 0.6 is 0 Å². The van der Waals surface area contributed by atoms with Crippen molar-refractivity contribution in [3.8, 4) is 0 Å². The fraction of sp³-hybridized carbons (Fsp3) is 0.600. The second kappa shape index (κ2) is 4.93. The fourth-order valence-corrected chi connectivity index (χ4v) is 1.43. The van der Waals surface area contributed by atoms with Crippen LogP contribution in [0.2, 0.25) is 0 Å². The third-order valence-electron chi connectivity index (χ3n) is 2.52. The second-order valence-electron chi connectivity index (χ2n) is 3.58. The highest BCUT2D eigenvalue weighted by molar-refractivity contribution is 5.79. The van der Waals surface area contributed by atoms with Crippen LogP contribution in [0.3, 0.4) is 0 Å². The van der Waals surface area contributed by atoms with Gasteiger partial charge in [-0.25, -0.2) is 4.98 Å². The Balaban J connectivity index is 2.74. The van der Waals surface area contributed by atoms with Crippen molar-refractivity contribution in [2.75, 3.05) is 6.54 Å². The van der Waals surface area contributed by atoms with Crippen LogP contribution in [0.1, 0.15) is 18.3 Å². The number of aryl methyl sites for hydroxylation is 1. The normalized spacial score (nSPS) is 12.7. The van der Waals surface area contributed by atoms with Gasteiger partial charge < -0.3 is 15.6 Å². The largest absolute Gasteiger partial charge is 0.368 e. The molecule has 1 aromatic heterocycles. The average Bonchev–Trinajstić information content (AvgIpc) is 2.48. The van der Waals surface area contributed by atoms with E-state index in [1.807, 2.05) is 25.3 Å². The molecule has 0 bridgehead atoms. The highest BCUT2D eigenvalue weighted by Crippen LogP contribution is 2.05. The zero-order valence-corrected chi connectivity index (χ0v) is 9.45. The molecule has 0 saturated carbocycles. The van der Waals surface area contributed by atoms with Crippen molar-refractivity contribution in [2.24, 2.45) is 5.73 Å². The Kier molecular flexibility index (Phi) is 3.85. The number of carbonyl (C=O) groups is 1. The number of hydrogen-bond donors (Lipinski definition) is 2. The number of carbonyl (C=O) groups excluding carboxylic acids is 1. The van der Waals surface area contributed by atoms with Gasteiger partial charge in [0.1, 0.15) is 6.04 Å². The summed E-state index contributed by atoms with van der Waals surface area (Å²) in [5, 5.41) is 3.04. The van der Waals surface area contributed by atoms with Gasteiger partial charge in [-0.1, -0.05) is 6.92 Å². The summed E-state index contributed by atoms with van der Waals surface area (Å²) in [6, 6.07) is -0.331. The SMILES string of the molecule is CCNC(Cn1cnc(C)c1C)C(N)=O. The van der Waals surface area contributed by atoms with Crippen LogP contribution < -0.4 is 11.1 Å². The molecular formula is C10H18N4O. The molecule has 1 heterocycles. The number of nitrogens with zero attached hydrogens (tertiary/aromatic N) is 2. The van der Waals surface area contributed by atoms with Gasteiger partial charge in [0.05, 0.1) is 12.0 Å². The first-order chi connectivity index (χ1) is 7.06. The van der Waals surface area contributed by atoms with Gasteiger partial charge in [-0.3, -0.25) is 4.79 Å². The van der Waals surface area contributed by atoms with Crippen LogP contribution in [-0.2, 0) is 11.3 Å². The lowest BCUT2D eigenvalue weighted by atomic mass is 10.2. The second-order valence-corrected chi connectivity index (χ2v) is 3.58. The Bertz CT molecular complexity index is 345. The van der Waals surface area contributed by atoms with Crippen LogP contribution in [0.5, 0.6) is 0 Å². The van der Waals surface area contributed by atoms with E-state index in [-0.39, 0.29) is 11.9 Å². The monoisotopic (exact) mass is 210 g/mol. The molecule has 0 saturated heterocycles. The number of rotatable bonds is 5. The van der Waals surface area contributed by atoms with Gasteiger partial charge in [0, 0.05) is 12.2 Å². The van der Waals surface area contributed by atoms with Crippen LogP contribution in [0.25, 0.3) is 0 Å². The van der Waals surface area contributed by atoms with E-state index in [2.05, 4.69) is 10.3 Å². The van der Waals surface area contributed by atoms with Crippen molar-refractivity contribution in [2.45, 2.75) is 33.4 Å². The number of nitrogens with two attached hydrogens (primary N) is 1. The van der Waals surface area contributed by atoms with Gasteiger partial charge in [-0.15, -0.1) is 0 Å². The molecule has 5 heteroatoms. The maximum Gasteiger partial charge on any atom is 0.236 e. The zero-order valence-electron chi connectivity index (χ0n) is 9.45. The van der Waals surface area contributed by atoms with Gasteiger partial charge in [0.2, 0.25) is 5.91 Å².